The highest BCUT2D eigenvalue weighted by atomic mass is 28.5. The molecular formula is C16H22O4Si2. The molecule has 2 aromatic rings. The standard InChI is InChI=1S/C16H22O4Si2/c1-17-22(18-2,19-3)20-21(4,15-11-7-5-8-12-15)16-13-9-6-10-14-16/h5-14H,1-4H3. The summed E-state index contributed by atoms with van der Waals surface area (Å²) in [5.74, 6) is 0. The van der Waals surface area contributed by atoms with E-state index in [1.54, 1.807) is 21.3 Å². The Morgan fingerprint density at radius 3 is 1.32 bits per heavy atom. The van der Waals surface area contributed by atoms with Crippen LogP contribution >= 0.6 is 0 Å². The fourth-order valence-corrected chi connectivity index (χ4v) is 8.86. The van der Waals surface area contributed by atoms with Crippen LogP contribution in [0.1, 0.15) is 0 Å². The predicted molar refractivity (Wildman–Crippen MR) is 91.6 cm³/mol. The smallest absolute Gasteiger partial charge is 0.385 e. The molecule has 0 saturated carbocycles. The first kappa shape index (κ1) is 17.1. The minimum Gasteiger partial charge on any atom is -0.385 e. The molecule has 0 bridgehead atoms. The first-order valence-corrected chi connectivity index (χ1v) is 11.1. The Labute approximate surface area is 134 Å². The lowest BCUT2D eigenvalue weighted by atomic mass is 10.4. The van der Waals surface area contributed by atoms with Gasteiger partial charge >= 0.3 is 9.05 Å². The molecule has 2 aromatic carbocycles. The normalized spacial score (nSPS) is 12.4. The van der Waals surface area contributed by atoms with Gasteiger partial charge in [0, 0.05) is 21.3 Å². The molecule has 0 heterocycles. The molecule has 0 spiro atoms. The molecule has 0 N–H and O–H groups in total. The monoisotopic (exact) mass is 334 g/mol. The van der Waals surface area contributed by atoms with Gasteiger partial charge in [-0.2, -0.15) is 0 Å². The highest BCUT2D eigenvalue weighted by Crippen LogP contribution is 2.17. The summed E-state index contributed by atoms with van der Waals surface area (Å²) >= 11 is 0. The Morgan fingerprint density at radius 1 is 0.636 bits per heavy atom. The molecule has 0 atom stereocenters. The summed E-state index contributed by atoms with van der Waals surface area (Å²) in [5.41, 5.74) is 0. The van der Waals surface area contributed by atoms with Gasteiger partial charge in [-0.3, -0.25) is 0 Å². The molecule has 0 radical (unpaired) electrons. The third-order valence-electron chi connectivity index (χ3n) is 3.73. The van der Waals surface area contributed by atoms with Crippen molar-refractivity contribution in [2.24, 2.45) is 0 Å². The largest absolute Gasteiger partial charge is 0.668 e. The van der Waals surface area contributed by atoms with Crippen LogP contribution in [0.2, 0.25) is 6.55 Å². The van der Waals surface area contributed by atoms with Crippen molar-refractivity contribution >= 4 is 27.7 Å². The van der Waals surface area contributed by atoms with Crippen LogP contribution in [0.4, 0.5) is 0 Å². The van der Waals surface area contributed by atoms with E-state index in [9.17, 15) is 0 Å². The van der Waals surface area contributed by atoms with Gasteiger partial charge in [0.05, 0.1) is 0 Å². The van der Waals surface area contributed by atoms with E-state index in [2.05, 4.69) is 30.8 Å². The molecule has 4 nitrogen and oxygen atoms in total. The summed E-state index contributed by atoms with van der Waals surface area (Å²) in [6, 6.07) is 20.4. The van der Waals surface area contributed by atoms with E-state index in [4.69, 9.17) is 17.4 Å². The lowest BCUT2D eigenvalue weighted by Gasteiger charge is -2.35. The minimum atomic E-state index is -3.16. The second-order valence-corrected chi connectivity index (χ2v) is 11.2. The second kappa shape index (κ2) is 7.32. The second-order valence-electron chi connectivity index (χ2n) is 4.98. The van der Waals surface area contributed by atoms with Crippen molar-refractivity contribution in [2.75, 3.05) is 21.3 Å². The Bertz CT molecular complexity index is 525. The molecule has 118 valence electrons. The topological polar surface area (TPSA) is 36.9 Å². The van der Waals surface area contributed by atoms with Crippen molar-refractivity contribution in [1.29, 1.82) is 0 Å². The summed E-state index contributed by atoms with van der Waals surface area (Å²) in [5, 5.41) is 2.29. The van der Waals surface area contributed by atoms with Crippen molar-refractivity contribution in [1.82, 2.24) is 0 Å². The quantitative estimate of drug-likeness (QED) is 0.723. The zero-order valence-corrected chi connectivity index (χ0v) is 15.4. The molecular weight excluding hydrogens is 312 g/mol. The van der Waals surface area contributed by atoms with Crippen LogP contribution in [-0.4, -0.2) is 38.7 Å². The van der Waals surface area contributed by atoms with Crippen LogP contribution in [0.5, 0.6) is 0 Å². The van der Waals surface area contributed by atoms with Gasteiger partial charge in [0.25, 0.3) is 0 Å². The minimum absolute atomic E-state index is 1.14. The first-order chi connectivity index (χ1) is 10.6. The van der Waals surface area contributed by atoms with Crippen LogP contribution in [0.3, 0.4) is 0 Å². The molecule has 0 amide bonds. The molecule has 0 saturated heterocycles. The number of hydrogen-bond acceptors (Lipinski definition) is 4. The van der Waals surface area contributed by atoms with E-state index in [0.29, 0.717) is 0 Å². The van der Waals surface area contributed by atoms with Crippen molar-refractivity contribution in [3.05, 3.63) is 60.7 Å². The maximum Gasteiger partial charge on any atom is 0.668 e. The Balaban J connectivity index is 2.52. The third-order valence-corrected chi connectivity index (χ3v) is 10.7. The molecule has 2 rings (SSSR count). The van der Waals surface area contributed by atoms with Gasteiger partial charge < -0.3 is 17.4 Å². The average Bonchev–Trinajstić information content (AvgIpc) is 2.61. The van der Waals surface area contributed by atoms with E-state index in [0.717, 1.165) is 10.4 Å². The summed E-state index contributed by atoms with van der Waals surface area (Å²) in [7, 11) is -0.991. The number of rotatable bonds is 7. The van der Waals surface area contributed by atoms with Crippen molar-refractivity contribution < 1.29 is 17.4 Å². The van der Waals surface area contributed by atoms with Crippen LogP contribution in [-0.2, 0) is 17.4 Å². The molecule has 0 fully saturated rings. The average molecular weight is 335 g/mol. The van der Waals surface area contributed by atoms with Gasteiger partial charge in [0.2, 0.25) is 8.32 Å². The zero-order valence-electron chi connectivity index (χ0n) is 13.4. The van der Waals surface area contributed by atoms with Gasteiger partial charge in [-0.1, -0.05) is 60.7 Å². The summed E-state index contributed by atoms with van der Waals surface area (Å²) in [6.45, 7) is 2.14. The fourth-order valence-electron chi connectivity index (χ4n) is 2.42. The van der Waals surface area contributed by atoms with Crippen LogP contribution < -0.4 is 10.4 Å². The summed E-state index contributed by atoms with van der Waals surface area (Å²) in [6.07, 6.45) is 0. The van der Waals surface area contributed by atoms with Crippen molar-refractivity contribution in [3.63, 3.8) is 0 Å². The zero-order chi connectivity index (χ0) is 16.1. The van der Waals surface area contributed by atoms with E-state index >= 15 is 0 Å². The predicted octanol–water partition coefficient (Wildman–Crippen LogP) is 1.77. The lowest BCUT2D eigenvalue weighted by molar-refractivity contribution is 0.0497. The van der Waals surface area contributed by atoms with Crippen LogP contribution in [0.25, 0.3) is 0 Å². The fraction of sp³-hybridized carbons (Fsp3) is 0.250. The Kier molecular flexibility index (Phi) is 5.68. The van der Waals surface area contributed by atoms with E-state index in [1.807, 2.05) is 36.4 Å². The number of hydrogen-bond donors (Lipinski definition) is 0. The number of benzene rings is 2. The van der Waals surface area contributed by atoms with E-state index in [-0.39, 0.29) is 0 Å². The molecule has 0 aliphatic rings. The molecule has 22 heavy (non-hydrogen) atoms. The summed E-state index contributed by atoms with van der Waals surface area (Å²) in [4.78, 5) is 0. The third kappa shape index (κ3) is 3.37. The van der Waals surface area contributed by atoms with Gasteiger partial charge in [-0.15, -0.1) is 0 Å². The lowest BCUT2D eigenvalue weighted by Crippen LogP contribution is -2.66. The highest BCUT2D eigenvalue weighted by molar-refractivity contribution is 6.99. The first-order valence-electron chi connectivity index (χ1n) is 7.07. The SMILES string of the molecule is CO[Si](OC)(OC)O[Si](C)(c1ccccc1)c1ccccc1. The maximum atomic E-state index is 6.46. The van der Waals surface area contributed by atoms with Crippen molar-refractivity contribution in [2.45, 2.75) is 6.55 Å². The van der Waals surface area contributed by atoms with E-state index in [1.165, 1.54) is 0 Å². The van der Waals surface area contributed by atoms with Gasteiger partial charge in [0.15, 0.2) is 0 Å². The van der Waals surface area contributed by atoms with Crippen molar-refractivity contribution in [3.8, 4) is 0 Å². The van der Waals surface area contributed by atoms with Gasteiger partial charge in [-0.25, -0.2) is 0 Å². The molecule has 6 heteroatoms. The Morgan fingerprint density at radius 2 is 1.00 bits per heavy atom. The molecule has 0 unspecified atom stereocenters. The highest BCUT2D eigenvalue weighted by Gasteiger charge is 2.51. The summed E-state index contributed by atoms with van der Waals surface area (Å²) < 4.78 is 22.9. The van der Waals surface area contributed by atoms with Gasteiger partial charge in [0.1, 0.15) is 0 Å². The van der Waals surface area contributed by atoms with Crippen LogP contribution in [0, 0.1) is 0 Å². The van der Waals surface area contributed by atoms with Gasteiger partial charge in [-0.05, 0) is 16.9 Å². The van der Waals surface area contributed by atoms with E-state index < -0.39 is 17.4 Å². The Hall–Kier alpha value is -1.29. The maximum absolute atomic E-state index is 6.46. The molecule has 0 aliphatic carbocycles. The molecule has 0 aromatic heterocycles. The van der Waals surface area contributed by atoms with Crippen LogP contribution in [0.15, 0.2) is 60.7 Å². The molecule has 0 aliphatic heterocycles.